The highest BCUT2D eigenvalue weighted by Gasteiger charge is 2.29. The van der Waals surface area contributed by atoms with Crippen molar-refractivity contribution in [2.75, 3.05) is 0 Å². The summed E-state index contributed by atoms with van der Waals surface area (Å²) in [4.78, 5) is 0. The second kappa shape index (κ2) is 4.34. The molecule has 1 aromatic rings. The molecule has 0 radical (unpaired) electrons. The van der Waals surface area contributed by atoms with E-state index in [1.807, 2.05) is 0 Å². The van der Waals surface area contributed by atoms with Crippen molar-refractivity contribution >= 4 is 0 Å². The molecule has 2 heteroatoms. The van der Waals surface area contributed by atoms with Crippen LogP contribution in [0.25, 0.3) is 0 Å². The molecular weight excluding hydrogens is 210 g/mol. The van der Waals surface area contributed by atoms with E-state index < -0.39 is 0 Å². The van der Waals surface area contributed by atoms with Gasteiger partial charge in [0.15, 0.2) is 0 Å². The monoisotopic (exact) mass is 233 g/mol. The van der Waals surface area contributed by atoms with Crippen LogP contribution < -0.4 is 10.5 Å². The Morgan fingerprint density at radius 2 is 1.88 bits per heavy atom. The zero-order valence-electron chi connectivity index (χ0n) is 11.3. The molecule has 1 saturated carbocycles. The van der Waals surface area contributed by atoms with E-state index in [0.29, 0.717) is 12.1 Å². The van der Waals surface area contributed by atoms with Crippen LogP contribution in [0.15, 0.2) is 18.2 Å². The van der Waals surface area contributed by atoms with Crippen molar-refractivity contribution in [2.45, 2.75) is 58.1 Å². The van der Waals surface area contributed by atoms with Crippen molar-refractivity contribution in [3.05, 3.63) is 29.3 Å². The zero-order valence-corrected chi connectivity index (χ0v) is 11.3. The lowest BCUT2D eigenvalue weighted by molar-refractivity contribution is 0.0986. The standard InChI is InChI=1S/C15H23NO/c1-10-5-6-14(13(7-10)15(2,3)4)17-12-8-11(16)9-12/h5-7,11-12H,8-9,16H2,1-4H3. The number of hydrogen-bond acceptors (Lipinski definition) is 2. The molecule has 0 heterocycles. The minimum absolute atomic E-state index is 0.118. The summed E-state index contributed by atoms with van der Waals surface area (Å²) in [5.74, 6) is 1.03. The molecule has 0 amide bonds. The number of benzene rings is 1. The van der Waals surface area contributed by atoms with Crippen LogP contribution in [0.1, 0.15) is 44.7 Å². The van der Waals surface area contributed by atoms with E-state index in [0.717, 1.165) is 18.6 Å². The van der Waals surface area contributed by atoms with Crippen molar-refractivity contribution in [1.82, 2.24) is 0 Å². The van der Waals surface area contributed by atoms with E-state index in [1.165, 1.54) is 11.1 Å². The summed E-state index contributed by atoms with van der Waals surface area (Å²) >= 11 is 0. The lowest BCUT2D eigenvalue weighted by Crippen LogP contribution is -2.43. The third-order valence-corrected chi connectivity index (χ3v) is 3.37. The van der Waals surface area contributed by atoms with Crippen molar-refractivity contribution in [1.29, 1.82) is 0 Å². The summed E-state index contributed by atoms with van der Waals surface area (Å²) in [6, 6.07) is 6.78. The second-order valence-corrected chi connectivity index (χ2v) is 6.22. The maximum Gasteiger partial charge on any atom is 0.123 e. The molecule has 1 aliphatic carbocycles. The first-order valence-corrected chi connectivity index (χ1v) is 6.39. The Balaban J connectivity index is 2.21. The molecule has 0 aromatic heterocycles. The Kier molecular flexibility index (Phi) is 3.17. The maximum absolute atomic E-state index is 6.05. The molecule has 0 saturated heterocycles. The van der Waals surface area contributed by atoms with Crippen LogP contribution in [-0.4, -0.2) is 12.1 Å². The van der Waals surface area contributed by atoms with Crippen molar-refractivity contribution in [3.8, 4) is 5.75 Å². The van der Waals surface area contributed by atoms with Crippen LogP contribution in [-0.2, 0) is 5.41 Å². The number of ether oxygens (including phenoxy) is 1. The van der Waals surface area contributed by atoms with E-state index in [4.69, 9.17) is 10.5 Å². The average molecular weight is 233 g/mol. The Hall–Kier alpha value is -1.02. The predicted molar refractivity (Wildman–Crippen MR) is 71.5 cm³/mol. The van der Waals surface area contributed by atoms with Crippen LogP contribution in [0.3, 0.4) is 0 Å². The van der Waals surface area contributed by atoms with Crippen LogP contribution in [0, 0.1) is 6.92 Å². The summed E-state index contributed by atoms with van der Waals surface area (Å²) in [5, 5.41) is 0. The first-order chi connectivity index (χ1) is 7.86. The van der Waals surface area contributed by atoms with Gasteiger partial charge >= 0.3 is 0 Å². The van der Waals surface area contributed by atoms with Gasteiger partial charge in [-0.25, -0.2) is 0 Å². The number of hydrogen-bond donors (Lipinski definition) is 1. The number of rotatable bonds is 2. The van der Waals surface area contributed by atoms with Crippen LogP contribution in [0.4, 0.5) is 0 Å². The molecule has 2 N–H and O–H groups in total. The topological polar surface area (TPSA) is 35.2 Å². The molecule has 1 aromatic carbocycles. The zero-order chi connectivity index (χ0) is 12.6. The highest BCUT2D eigenvalue weighted by Crippen LogP contribution is 2.34. The summed E-state index contributed by atoms with van der Waals surface area (Å²) in [6.07, 6.45) is 2.28. The van der Waals surface area contributed by atoms with E-state index in [1.54, 1.807) is 0 Å². The number of nitrogens with two attached hydrogens (primary N) is 1. The normalized spacial score (nSPS) is 24.3. The summed E-state index contributed by atoms with van der Waals surface area (Å²) in [5.41, 5.74) is 8.48. The van der Waals surface area contributed by atoms with Crippen molar-refractivity contribution in [3.63, 3.8) is 0 Å². The van der Waals surface area contributed by atoms with Gasteiger partial charge in [0.25, 0.3) is 0 Å². The fourth-order valence-corrected chi connectivity index (χ4v) is 2.21. The second-order valence-electron chi connectivity index (χ2n) is 6.22. The van der Waals surface area contributed by atoms with Gasteiger partial charge in [-0.15, -0.1) is 0 Å². The highest BCUT2D eigenvalue weighted by molar-refractivity contribution is 5.41. The molecule has 1 aliphatic rings. The van der Waals surface area contributed by atoms with Crippen LogP contribution >= 0.6 is 0 Å². The van der Waals surface area contributed by atoms with E-state index in [-0.39, 0.29) is 5.41 Å². The molecule has 1 fully saturated rings. The van der Waals surface area contributed by atoms with Crippen molar-refractivity contribution < 1.29 is 4.74 Å². The third kappa shape index (κ3) is 2.81. The van der Waals surface area contributed by atoms with Gasteiger partial charge in [-0.05, 0) is 36.8 Å². The van der Waals surface area contributed by atoms with E-state index in [9.17, 15) is 0 Å². The van der Waals surface area contributed by atoms with Gasteiger partial charge in [-0.2, -0.15) is 0 Å². The van der Waals surface area contributed by atoms with Gasteiger partial charge in [-0.1, -0.05) is 38.5 Å². The Bertz CT molecular complexity index is 400. The molecular formula is C15H23NO. The molecule has 0 spiro atoms. The molecule has 2 nitrogen and oxygen atoms in total. The molecule has 0 bridgehead atoms. The van der Waals surface area contributed by atoms with E-state index >= 15 is 0 Å². The Labute approximate surface area is 104 Å². The lowest BCUT2D eigenvalue weighted by Gasteiger charge is -2.34. The van der Waals surface area contributed by atoms with Gasteiger partial charge in [0, 0.05) is 6.04 Å². The van der Waals surface area contributed by atoms with Crippen LogP contribution in [0.2, 0.25) is 0 Å². The highest BCUT2D eigenvalue weighted by atomic mass is 16.5. The van der Waals surface area contributed by atoms with Gasteiger partial charge in [0.05, 0.1) is 0 Å². The molecule has 0 unspecified atom stereocenters. The largest absolute Gasteiger partial charge is 0.490 e. The van der Waals surface area contributed by atoms with Gasteiger partial charge < -0.3 is 10.5 Å². The summed E-state index contributed by atoms with van der Waals surface area (Å²) in [7, 11) is 0. The molecule has 0 atom stereocenters. The first-order valence-electron chi connectivity index (χ1n) is 6.39. The Morgan fingerprint density at radius 3 is 2.41 bits per heavy atom. The Morgan fingerprint density at radius 1 is 1.24 bits per heavy atom. The maximum atomic E-state index is 6.05. The van der Waals surface area contributed by atoms with Gasteiger partial charge in [0.2, 0.25) is 0 Å². The average Bonchev–Trinajstić information content (AvgIpc) is 2.16. The summed E-state index contributed by atoms with van der Waals surface area (Å²) in [6.45, 7) is 8.79. The van der Waals surface area contributed by atoms with Crippen molar-refractivity contribution in [2.24, 2.45) is 5.73 Å². The minimum Gasteiger partial charge on any atom is -0.490 e. The minimum atomic E-state index is 0.118. The van der Waals surface area contributed by atoms with Gasteiger partial charge in [0.1, 0.15) is 11.9 Å². The smallest absolute Gasteiger partial charge is 0.123 e. The predicted octanol–water partition coefficient (Wildman–Crippen LogP) is 3.16. The number of aryl methyl sites for hydroxylation is 1. The fourth-order valence-electron chi connectivity index (χ4n) is 2.21. The molecule has 2 rings (SSSR count). The van der Waals surface area contributed by atoms with E-state index in [2.05, 4.69) is 45.9 Å². The summed E-state index contributed by atoms with van der Waals surface area (Å²) < 4.78 is 6.05. The first kappa shape index (κ1) is 12.4. The van der Waals surface area contributed by atoms with Gasteiger partial charge in [-0.3, -0.25) is 0 Å². The molecule has 94 valence electrons. The lowest BCUT2D eigenvalue weighted by atomic mass is 9.85. The molecule has 17 heavy (non-hydrogen) atoms. The van der Waals surface area contributed by atoms with Crippen LogP contribution in [0.5, 0.6) is 5.75 Å². The third-order valence-electron chi connectivity index (χ3n) is 3.37. The molecule has 0 aliphatic heterocycles. The fraction of sp³-hybridized carbons (Fsp3) is 0.600. The quantitative estimate of drug-likeness (QED) is 0.851. The SMILES string of the molecule is Cc1ccc(OC2CC(N)C2)c(C(C)(C)C)c1.